The fourth-order valence-corrected chi connectivity index (χ4v) is 8.84. The SMILES string of the molecule is Cl[Si](c1ccccc1)C12CC3CC(CC(C3)C1)C2. The molecule has 0 aromatic heterocycles. The Morgan fingerprint density at radius 1 is 0.889 bits per heavy atom. The molecule has 0 amide bonds. The average Bonchev–Trinajstić information content (AvgIpc) is 2.37. The van der Waals surface area contributed by atoms with Gasteiger partial charge in [0.15, 0.2) is 0 Å². The van der Waals surface area contributed by atoms with Gasteiger partial charge in [-0.15, -0.1) is 0 Å². The number of rotatable bonds is 2. The van der Waals surface area contributed by atoms with Crippen LogP contribution < -0.4 is 5.19 Å². The molecule has 0 heterocycles. The minimum Gasteiger partial charge on any atom is -0.162 e. The van der Waals surface area contributed by atoms with Crippen LogP contribution in [0.4, 0.5) is 0 Å². The maximum Gasteiger partial charge on any atom is 0.206 e. The molecule has 0 spiro atoms. The van der Waals surface area contributed by atoms with Crippen molar-refractivity contribution in [2.24, 2.45) is 17.8 Å². The standard InChI is InChI=1S/C16H20ClSi/c17-18(15-4-2-1-3-5-15)16-9-12-6-13(10-16)8-14(7-12)11-16/h1-5,12-14H,6-11H2. The first-order valence-electron chi connectivity index (χ1n) is 7.33. The van der Waals surface area contributed by atoms with Crippen molar-refractivity contribution in [3.63, 3.8) is 0 Å². The molecular formula is C16H20ClSi. The Kier molecular flexibility index (Phi) is 2.64. The lowest BCUT2D eigenvalue weighted by Crippen LogP contribution is -2.51. The van der Waals surface area contributed by atoms with Gasteiger partial charge in [0.2, 0.25) is 8.11 Å². The lowest BCUT2D eigenvalue weighted by Gasteiger charge is -2.58. The maximum absolute atomic E-state index is 7.03. The highest BCUT2D eigenvalue weighted by Gasteiger charge is 2.54. The quantitative estimate of drug-likeness (QED) is 0.563. The molecule has 0 atom stereocenters. The van der Waals surface area contributed by atoms with E-state index in [0.717, 1.165) is 17.8 Å². The average molecular weight is 276 g/mol. The van der Waals surface area contributed by atoms with Crippen molar-refractivity contribution in [3.05, 3.63) is 30.3 Å². The number of benzene rings is 1. The molecule has 4 aliphatic carbocycles. The third-order valence-electron chi connectivity index (χ3n) is 5.53. The number of hydrogen-bond acceptors (Lipinski definition) is 0. The molecule has 2 heteroatoms. The summed E-state index contributed by atoms with van der Waals surface area (Å²) in [5.74, 6) is 3.04. The minimum atomic E-state index is -0.889. The Labute approximate surface area is 116 Å². The number of halogens is 1. The van der Waals surface area contributed by atoms with Crippen LogP contribution >= 0.6 is 11.1 Å². The second-order valence-corrected chi connectivity index (χ2v) is 10.3. The first-order valence-corrected chi connectivity index (χ1v) is 9.85. The van der Waals surface area contributed by atoms with E-state index in [1.54, 1.807) is 0 Å². The Balaban J connectivity index is 1.67. The van der Waals surface area contributed by atoms with Crippen LogP contribution in [0.5, 0.6) is 0 Å². The normalized spacial score (nSPS) is 41.6. The van der Waals surface area contributed by atoms with Gasteiger partial charge < -0.3 is 0 Å². The van der Waals surface area contributed by atoms with Crippen molar-refractivity contribution in [3.8, 4) is 0 Å². The highest BCUT2D eigenvalue weighted by molar-refractivity contribution is 7.15. The molecule has 1 aromatic rings. The maximum atomic E-state index is 7.03. The highest BCUT2D eigenvalue weighted by atomic mass is 35.6. The third kappa shape index (κ3) is 1.71. The van der Waals surface area contributed by atoms with Crippen molar-refractivity contribution in [2.45, 2.75) is 43.6 Å². The largest absolute Gasteiger partial charge is 0.206 e. The van der Waals surface area contributed by atoms with Gasteiger partial charge in [0, 0.05) is 0 Å². The molecule has 0 saturated heterocycles. The first kappa shape index (κ1) is 11.5. The van der Waals surface area contributed by atoms with E-state index in [1.807, 2.05) is 0 Å². The molecule has 0 N–H and O–H groups in total. The van der Waals surface area contributed by atoms with Gasteiger partial charge in [-0.25, -0.2) is 0 Å². The summed E-state index contributed by atoms with van der Waals surface area (Å²) in [6.07, 6.45) is 8.85. The van der Waals surface area contributed by atoms with Crippen LogP contribution in [-0.4, -0.2) is 8.11 Å². The molecule has 4 aliphatic rings. The van der Waals surface area contributed by atoms with Gasteiger partial charge >= 0.3 is 0 Å². The van der Waals surface area contributed by atoms with Crippen molar-refractivity contribution >= 4 is 24.4 Å². The lowest BCUT2D eigenvalue weighted by atomic mass is 9.56. The van der Waals surface area contributed by atoms with E-state index in [2.05, 4.69) is 30.3 Å². The summed E-state index contributed by atoms with van der Waals surface area (Å²) in [6, 6.07) is 10.9. The summed E-state index contributed by atoms with van der Waals surface area (Å²) in [5, 5.41) is 1.98. The van der Waals surface area contributed by atoms with Gasteiger partial charge in [-0.1, -0.05) is 30.3 Å². The van der Waals surface area contributed by atoms with Crippen LogP contribution in [0.1, 0.15) is 38.5 Å². The molecule has 4 bridgehead atoms. The van der Waals surface area contributed by atoms with Crippen molar-refractivity contribution in [1.29, 1.82) is 0 Å². The number of hydrogen-bond donors (Lipinski definition) is 0. The van der Waals surface area contributed by atoms with E-state index in [1.165, 1.54) is 43.7 Å². The Morgan fingerprint density at radius 3 is 1.89 bits per heavy atom. The second kappa shape index (κ2) is 4.11. The van der Waals surface area contributed by atoms with Crippen molar-refractivity contribution in [1.82, 2.24) is 0 Å². The summed E-state index contributed by atoms with van der Waals surface area (Å²) in [5.41, 5.74) is 0. The Hall–Kier alpha value is -0.273. The zero-order chi connectivity index (χ0) is 12.2. The van der Waals surface area contributed by atoms with Crippen LogP contribution in [0.3, 0.4) is 0 Å². The van der Waals surface area contributed by atoms with E-state index in [0.29, 0.717) is 5.04 Å². The van der Waals surface area contributed by atoms with Gasteiger partial charge in [-0.05, 0) is 66.5 Å². The zero-order valence-corrected chi connectivity index (χ0v) is 12.5. The first-order chi connectivity index (χ1) is 8.75. The third-order valence-corrected chi connectivity index (χ3v) is 9.77. The van der Waals surface area contributed by atoms with Crippen LogP contribution in [0, 0.1) is 17.8 Å². The van der Waals surface area contributed by atoms with Gasteiger partial charge in [0.05, 0.1) is 0 Å². The van der Waals surface area contributed by atoms with Crippen LogP contribution in [-0.2, 0) is 0 Å². The smallest absolute Gasteiger partial charge is 0.162 e. The summed E-state index contributed by atoms with van der Waals surface area (Å²) in [7, 11) is -0.889. The van der Waals surface area contributed by atoms with Gasteiger partial charge in [0.1, 0.15) is 0 Å². The highest BCUT2D eigenvalue weighted by Crippen LogP contribution is 2.65. The molecule has 0 aliphatic heterocycles. The molecule has 4 saturated carbocycles. The fraction of sp³-hybridized carbons (Fsp3) is 0.625. The molecule has 5 rings (SSSR count). The molecular weight excluding hydrogens is 256 g/mol. The second-order valence-electron chi connectivity index (χ2n) is 6.88. The molecule has 0 nitrogen and oxygen atoms in total. The summed E-state index contributed by atoms with van der Waals surface area (Å²) in [4.78, 5) is 0. The summed E-state index contributed by atoms with van der Waals surface area (Å²) < 4.78 is 0. The van der Waals surface area contributed by atoms with Crippen molar-refractivity contribution < 1.29 is 0 Å². The molecule has 0 unspecified atom stereocenters. The molecule has 95 valence electrons. The predicted molar refractivity (Wildman–Crippen MR) is 78.5 cm³/mol. The van der Waals surface area contributed by atoms with E-state index in [9.17, 15) is 0 Å². The minimum absolute atomic E-state index is 0.530. The lowest BCUT2D eigenvalue weighted by molar-refractivity contribution is 0.0285. The van der Waals surface area contributed by atoms with E-state index in [-0.39, 0.29) is 0 Å². The Morgan fingerprint density at radius 2 is 1.39 bits per heavy atom. The Bertz CT molecular complexity index is 406. The predicted octanol–water partition coefficient (Wildman–Crippen LogP) is 4.09. The molecule has 4 fully saturated rings. The van der Waals surface area contributed by atoms with Gasteiger partial charge in [-0.2, -0.15) is 11.1 Å². The summed E-state index contributed by atoms with van der Waals surface area (Å²) >= 11 is 7.03. The zero-order valence-electron chi connectivity index (χ0n) is 10.7. The summed E-state index contributed by atoms with van der Waals surface area (Å²) in [6.45, 7) is 0. The van der Waals surface area contributed by atoms with Gasteiger partial charge in [0.25, 0.3) is 0 Å². The van der Waals surface area contributed by atoms with Crippen LogP contribution in [0.15, 0.2) is 30.3 Å². The molecule has 1 radical (unpaired) electrons. The molecule has 18 heavy (non-hydrogen) atoms. The van der Waals surface area contributed by atoms with E-state index < -0.39 is 8.11 Å². The van der Waals surface area contributed by atoms with Crippen molar-refractivity contribution in [2.75, 3.05) is 0 Å². The topological polar surface area (TPSA) is 0 Å². The van der Waals surface area contributed by atoms with Crippen LogP contribution in [0.25, 0.3) is 0 Å². The van der Waals surface area contributed by atoms with Crippen LogP contribution in [0.2, 0.25) is 5.04 Å². The van der Waals surface area contributed by atoms with E-state index >= 15 is 0 Å². The van der Waals surface area contributed by atoms with E-state index in [4.69, 9.17) is 11.1 Å². The molecule has 1 aromatic carbocycles. The fourth-order valence-electron chi connectivity index (χ4n) is 5.27. The van der Waals surface area contributed by atoms with Gasteiger partial charge in [-0.3, -0.25) is 0 Å². The monoisotopic (exact) mass is 275 g/mol.